The molecule has 0 aliphatic heterocycles. The zero-order chi connectivity index (χ0) is 13.3. The van der Waals surface area contributed by atoms with Crippen LogP contribution in [0.1, 0.15) is 5.56 Å². The third-order valence-electron chi connectivity index (χ3n) is 2.35. The second-order valence-electron chi connectivity index (χ2n) is 3.53. The van der Waals surface area contributed by atoms with E-state index >= 15 is 0 Å². The zero-order valence-electron chi connectivity index (χ0n) is 8.80. The van der Waals surface area contributed by atoms with Gasteiger partial charge in [-0.05, 0) is 23.8 Å². The van der Waals surface area contributed by atoms with Crippen LogP contribution in [0, 0.1) is 0 Å². The van der Waals surface area contributed by atoms with Crippen LogP contribution in [-0.2, 0) is 6.18 Å². The molecule has 0 aliphatic carbocycles. The van der Waals surface area contributed by atoms with E-state index in [-0.39, 0.29) is 5.15 Å². The molecule has 0 saturated heterocycles. The number of rotatable bonds is 1. The van der Waals surface area contributed by atoms with Gasteiger partial charge in [0.05, 0.1) is 10.6 Å². The molecule has 1 aromatic heterocycles. The quantitative estimate of drug-likeness (QED) is 0.668. The lowest BCUT2D eigenvalue weighted by Crippen LogP contribution is -2.04. The van der Waals surface area contributed by atoms with Gasteiger partial charge < -0.3 is 0 Å². The SMILES string of the molecule is FC(F)(F)c1ccc(-c2c(Cl)ccnc2Cl)cc1. The van der Waals surface area contributed by atoms with Gasteiger partial charge in [-0.2, -0.15) is 13.2 Å². The first-order chi connectivity index (χ1) is 8.39. The van der Waals surface area contributed by atoms with E-state index in [1.165, 1.54) is 24.4 Å². The van der Waals surface area contributed by atoms with E-state index in [9.17, 15) is 13.2 Å². The van der Waals surface area contributed by atoms with Gasteiger partial charge in [0.25, 0.3) is 0 Å². The molecule has 0 aliphatic rings. The highest BCUT2D eigenvalue weighted by molar-refractivity contribution is 6.38. The highest BCUT2D eigenvalue weighted by atomic mass is 35.5. The minimum absolute atomic E-state index is 0.155. The average Bonchev–Trinajstić information content (AvgIpc) is 2.28. The molecule has 2 aromatic rings. The second kappa shape index (κ2) is 4.78. The molecule has 0 radical (unpaired) electrons. The van der Waals surface area contributed by atoms with Gasteiger partial charge in [-0.3, -0.25) is 0 Å². The maximum absolute atomic E-state index is 12.4. The van der Waals surface area contributed by atoms with Gasteiger partial charge in [0.1, 0.15) is 5.15 Å². The summed E-state index contributed by atoms with van der Waals surface area (Å²) < 4.78 is 37.2. The van der Waals surface area contributed by atoms with Crippen LogP contribution < -0.4 is 0 Å². The van der Waals surface area contributed by atoms with Crippen LogP contribution in [0.2, 0.25) is 10.2 Å². The summed E-state index contributed by atoms with van der Waals surface area (Å²) in [5, 5.41) is 0.497. The van der Waals surface area contributed by atoms with Crippen LogP contribution in [0.15, 0.2) is 36.5 Å². The van der Waals surface area contributed by atoms with Gasteiger partial charge >= 0.3 is 6.18 Å². The molecule has 0 amide bonds. The third-order valence-corrected chi connectivity index (χ3v) is 2.96. The summed E-state index contributed by atoms with van der Waals surface area (Å²) in [5.41, 5.74) is 0.197. The molecule has 94 valence electrons. The van der Waals surface area contributed by atoms with Crippen LogP contribution in [0.3, 0.4) is 0 Å². The number of alkyl halides is 3. The Hall–Kier alpha value is -1.26. The van der Waals surface area contributed by atoms with Crippen molar-refractivity contribution in [2.75, 3.05) is 0 Å². The third kappa shape index (κ3) is 2.60. The fourth-order valence-corrected chi connectivity index (χ4v) is 2.07. The highest BCUT2D eigenvalue weighted by Gasteiger charge is 2.30. The zero-order valence-corrected chi connectivity index (χ0v) is 10.3. The lowest BCUT2D eigenvalue weighted by molar-refractivity contribution is -0.137. The van der Waals surface area contributed by atoms with Crippen molar-refractivity contribution >= 4 is 23.2 Å². The lowest BCUT2D eigenvalue weighted by atomic mass is 10.1. The van der Waals surface area contributed by atoms with Crippen molar-refractivity contribution in [2.45, 2.75) is 6.18 Å². The van der Waals surface area contributed by atoms with E-state index in [2.05, 4.69) is 4.98 Å². The van der Waals surface area contributed by atoms with Crippen LogP contribution in [0.4, 0.5) is 13.2 Å². The molecule has 0 N–H and O–H groups in total. The summed E-state index contributed by atoms with van der Waals surface area (Å²) in [6, 6.07) is 6.12. The number of aromatic nitrogens is 1. The first kappa shape index (κ1) is 13.2. The average molecular weight is 292 g/mol. The molecular formula is C12H6Cl2F3N. The molecule has 6 heteroatoms. The molecule has 0 saturated carbocycles. The number of hydrogen-bond acceptors (Lipinski definition) is 1. The molecule has 18 heavy (non-hydrogen) atoms. The van der Waals surface area contributed by atoms with Gasteiger partial charge in [-0.15, -0.1) is 0 Å². The molecule has 2 rings (SSSR count). The standard InChI is InChI=1S/C12H6Cl2F3N/c13-9-5-6-18-11(14)10(9)7-1-3-8(4-2-7)12(15,16)17/h1-6H. The van der Waals surface area contributed by atoms with E-state index in [4.69, 9.17) is 23.2 Å². The summed E-state index contributed by atoms with van der Waals surface area (Å²) >= 11 is 11.8. The highest BCUT2D eigenvalue weighted by Crippen LogP contribution is 2.35. The van der Waals surface area contributed by atoms with Crippen molar-refractivity contribution < 1.29 is 13.2 Å². The maximum Gasteiger partial charge on any atom is 0.416 e. The van der Waals surface area contributed by atoms with Crippen molar-refractivity contribution in [1.29, 1.82) is 0 Å². The van der Waals surface area contributed by atoms with Crippen LogP contribution >= 0.6 is 23.2 Å². The van der Waals surface area contributed by atoms with Crippen molar-refractivity contribution in [1.82, 2.24) is 4.98 Å². The van der Waals surface area contributed by atoms with E-state index in [1.807, 2.05) is 0 Å². The Bertz CT molecular complexity index is 544. The van der Waals surface area contributed by atoms with Gasteiger partial charge in [0, 0.05) is 11.8 Å². The van der Waals surface area contributed by atoms with Gasteiger partial charge in [0.15, 0.2) is 0 Å². The smallest absolute Gasteiger partial charge is 0.244 e. The summed E-state index contributed by atoms with van der Waals surface area (Å²) in [6.45, 7) is 0. The molecule has 0 unspecified atom stereocenters. The van der Waals surface area contributed by atoms with E-state index < -0.39 is 11.7 Å². The maximum atomic E-state index is 12.4. The number of pyridine rings is 1. The Morgan fingerprint density at radius 2 is 1.56 bits per heavy atom. The Balaban J connectivity index is 2.47. The molecule has 0 atom stereocenters. The van der Waals surface area contributed by atoms with E-state index in [1.54, 1.807) is 0 Å². The van der Waals surface area contributed by atoms with Gasteiger partial charge in [-0.25, -0.2) is 4.98 Å². The number of benzene rings is 1. The largest absolute Gasteiger partial charge is 0.416 e. The van der Waals surface area contributed by atoms with Crippen molar-refractivity contribution in [2.24, 2.45) is 0 Å². The molecule has 1 aromatic carbocycles. The Labute approximate surface area is 111 Å². The topological polar surface area (TPSA) is 12.9 Å². The van der Waals surface area contributed by atoms with E-state index in [0.29, 0.717) is 16.1 Å². The monoisotopic (exact) mass is 291 g/mol. The predicted octanol–water partition coefficient (Wildman–Crippen LogP) is 5.07. The van der Waals surface area contributed by atoms with Crippen molar-refractivity contribution in [3.63, 3.8) is 0 Å². The number of halogens is 5. The molecule has 1 heterocycles. The van der Waals surface area contributed by atoms with Gasteiger partial charge in [-0.1, -0.05) is 35.3 Å². The predicted molar refractivity (Wildman–Crippen MR) is 64.7 cm³/mol. The molecule has 0 bridgehead atoms. The van der Waals surface area contributed by atoms with Gasteiger partial charge in [0.2, 0.25) is 0 Å². The van der Waals surface area contributed by atoms with Crippen LogP contribution in [-0.4, -0.2) is 4.98 Å². The summed E-state index contributed by atoms with van der Waals surface area (Å²) in [7, 11) is 0. The van der Waals surface area contributed by atoms with Crippen molar-refractivity contribution in [3.05, 3.63) is 52.3 Å². The second-order valence-corrected chi connectivity index (χ2v) is 4.30. The number of hydrogen-bond donors (Lipinski definition) is 0. The first-order valence-corrected chi connectivity index (χ1v) is 5.63. The number of nitrogens with zero attached hydrogens (tertiary/aromatic N) is 1. The first-order valence-electron chi connectivity index (χ1n) is 4.87. The Morgan fingerprint density at radius 3 is 2.06 bits per heavy atom. The minimum Gasteiger partial charge on any atom is -0.244 e. The Morgan fingerprint density at radius 1 is 0.944 bits per heavy atom. The van der Waals surface area contributed by atoms with Crippen molar-refractivity contribution in [3.8, 4) is 11.1 Å². The normalized spacial score (nSPS) is 11.6. The summed E-state index contributed by atoms with van der Waals surface area (Å²) in [5.74, 6) is 0. The summed E-state index contributed by atoms with van der Waals surface area (Å²) in [6.07, 6.45) is -2.93. The molecule has 1 nitrogen and oxygen atoms in total. The fourth-order valence-electron chi connectivity index (χ4n) is 1.50. The van der Waals surface area contributed by atoms with Crippen LogP contribution in [0.25, 0.3) is 11.1 Å². The lowest BCUT2D eigenvalue weighted by Gasteiger charge is -2.09. The van der Waals surface area contributed by atoms with Crippen LogP contribution in [0.5, 0.6) is 0 Å². The summed E-state index contributed by atoms with van der Waals surface area (Å²) in [4.78, 5) is 3.85. The molecular weight excluding hydrogens is 286 g/mol. The Kier molecular flexibility index (Phi) is 3.50. The fraction of sp³-hybridized carbons (Fsp3) is 0.0833. The molecule has 0 fully saturated rings. The minimum atomic E-state index is -4.36. The van der Waals surface area contributed by atoms with E-state index in [0.717, 1.165) is 12.1 Å². The molecule has 0 spiro atoms.